The molecule has 0 aromatic carbocycles. The highest BCUT2D eigenvalue weighted by Gasteiger charge is 2.48. The van der Waals surface area contributed by atoms with Gasteiger partial charge in [-0.1, -0.05) is 12.2 Å². The number of alkyl halides is 4. The Balaban J connectivity index is 1.92. The van der Waals surface area contributed by atoms with E-state index in [0.717, 1.165) is 6.42 Å². The minimum atomic E-state index is -4.67. The maximum atomic E-state index is 12.9. The zero-order valence-electron chi connectivity index (χ0n) is 8.97. The molecule has 0 aromatic rings. The van der Waals surface area contributed by atoms with Crippen molar-refractivity contribution in [3.8, 4) is 0 Å². The van der Waals surface area contributed by atoms with E-state index in [2.05, 4.69) is 4.74 Å². The smallest absolute Gasteiger partial charge is 0.395 e. The van der Waals surface area contributed by atoms with Crippen LogP contribution in [0.4, 0.5) is 17.6 Å². The van der Waals surface area contributed by atoms with Crippen molar-refractivity contribution in [2.75, 3.05) is 0 Å². The summed E-state index contributed by atoms with van der Waals surface area (Å²) < 4.78 is 52.8. The number of halogens is 4. The first-order valence-corrected chi connectivity index (χ1v) is 5.42. The van der Waals surface area contributed by atoms with Crippen molar-refractivity contribution >= 4 is 5.97 Å². The zero-order valence-corrected chi connectivity index (χ0v) is 8.97. The summed E-state index contributed by atoms with van der Waals surface area (Å²) in [7, 11) is 0. The van der Waals surface area contributed by atoms with Gasteiger partial charge in [0.1, 0.15) is 6.42 Å². The lowest BCUT2D eigenvalue weighted by molar-refractivity contribution is -0.195. The lowest BCUT2D eigenvalue weighted by Crippen LogP contribution is -2.31. The van der Waals surface area contributed by atoms with E-state index in [1.54, 1.807) is 6.08 Å². The van der Waals surface area contributed by atoms with Crippen LogP contribution in [-0.4, -0.2) is 18.5 Å². The number of esters is 1. The number of allylic oxidation sites excluding steroid dienone is 1. The molecule has 0 spiro atoms. The summed E-state index contributed by atoms with van der Waals surface area (Å²) in [6.07, 6.45) is -3.66. The second-order valence-electron chi connectivity index (χ2n) is 4.65. The minimum absolute atomic E-state index is 0.281. The lowest BCUT2D eigenvalue weighted by Gasteiger charge is -2.22. The van der Waals surface area contributed by atoms with Crippen molar-refractivity contribution in [1.82, 2.24) is 0 Å². The van der Waals surface area contributed by atoms with Crippen molar-refractivity contribution in [3.63, 3.8) is 0 Å². The van der Waals surface area contributed by atoms with Crippen molar-refractivity contribution < 1.29 is 27.1 Å². The molecule has 0 aromatic heterocycles. The molecule has 96 valence electrons. The highest BCUT2D eigenvalue weighted by Crippen LogP contribution is 2.50. The number of rotatable bonds is 3. The van der Waals surface area contributed by atoms with E-state index in [1.807, 2.05) is 6.08 Å². The summed E-state index contributed by atoms with van der Waals surface area (Å²) in [6.45, 7) is 0. The first kappa shape index (κ1) is 12.4. The van der Waals surface area contributed by atoms with Gasteiger partial charge in [0.25, 0.3) is 0 Å². The average Bonchev–Trinajstić information content (AvgIpc) is 2.74. The fraction of sp³-hybridized carbons (Fsp3) is 0.727. The van der Waals surface area contributed by atoms with Crippen LogP contribution in [0.3, 0.4) is 0 Å². The van der Waals surface area contributed by atoms with Gasteiger partial charge in [-0.2, -0.15) is 13.2 Å². The standard InChI is InChI=1S/C11H12F4O2/c12-8(6-11(13,14)15)17-9(16)10-3-1-7(5-10)2-4-10/h1,3,7-8H,2,4-6H2. The van der Waals surface area contributed by atoms with E-state index in [-0.39, 0.29) is 5.92 Å². The maximum absolute atomic E-state index is 12.9. The van der Waals surface area contributed by atoms with E-state index in [9.17, 15) is 22.4 Å². The van der Waals surface area contributed by atoms with Gasteiger partial charge in [0.2, 0.25) is 6.36 Å². The summed E-state index contributed by atoms with van der Waals surface area (Å²) in [5, 5.41) is 0. The van der Waals surface area contributed by atoms with Crippen LogP contribution in [0.5, 0.6) is 0 Å². The predicted octanol–water partition coefficient (Wildman–Crippen LogP) is 3.13. The van der Waals surface area contributed by atoms with E-state index in [0.29, 0.717) is 12.8 Å². The Morgan fingerprint density at radius 1 is 1.53 bits per heavy atom. The molecular formula is C11H12F4O2. The average molecular weight is 252 g/mol. The Morgan fingerprint density at radius 2 is 2.24 bits per heavy atom. The summed E-state index contributed by atoms with van der Waals surface area (Å²) >= 11 is 0. The number of hydrogen-bond acceptors (Lipinski definition) is 2. The zero-order chi connectivity index (χ0) is 12.7. The SMILES string of the molecule is O=C(OC(F)CC(F)(F)F)C12C=CC(CC1)C2. The largest absolute Gasteiger partial charge is 0.430 e. The monoisotopic (exact) mass is 252 g/mol. The molecule has 2 rings (SSSR count). The van der Waals surface area contributed by atoms with Gasteiger partial charge in [-0.05, 0) is 25.2 Å². The fourth-order valence-corrected chi connectivity index (χ4v) is 2.46. The molecule has 3 unspecified atom stereocenters. The Hall–Kier alpha value is -1.07. The molecule has 1 fully saturated rings. The second-order valence-corrected chi connectivity index (χ2v) is 4.65. The second kappa shape index (κ2) is 3.99. The molecule has 0 saturated heterocycles. The summed E-state index contributed by atoms with van der Waals surface area (Å²) in [4.78, 5) is 11.6. The summed E-state index contributed by atoms with van der Waals surface area (Å²) in [6, 6.07) is 0. The molecule has 3 atom stereocenters. The Bertz CT molecular complexity index is 350. The van der Waals surface area contributed by atoms with Crippen molar-refractivity contribution in [2.45, 2.75) is 38.2 Å². The van der Waals surface area contributed by atoms with Gasteiger partial charge in [0.05, 0.1) is 5.41 Å². The van der Waals surface area contributed by atoms with Gasteiger partial charge in [0, 0.05) is 0 Å². The highest BCUT2D eigenvalue weighted by molar-refractivity contribution is 5.80. The molecule has 2 bridgehead atoms. The third kappa shape index (κ3) is 2.61. The number of carbonyl (C=O) groups excluding carboxylic acids is 1. The summed E-state index contributed by atoms with van der Waals surface area (Å²) in [5.41, 5.74) is -0.874. The molecule has 0 amide bonds. The molecule has 0 radical (unpaired) electrons. The molecule has 1 saturated carbocycles. The molecule has 0 heterocycles. The Labute approximate surface area is 95.6 Å². The molecule has 0 aliphatic heterocycles. The maximum Gasteiger partial charge on any atom is 0.395 e. The van der Waals surface area contributed by atoms with Crippen LogP contribution in [-0.2, 0) is 9.53 Å². The Morgan fingerprint density at radius 3 is 2.65 bits per heavy atom. The van der Waals surface area contributed by atoms with Gasteiger partial charge in [-0.15, -0.1) is 0 Å². The number of fused-ring (bicyclic) bond motifs is 2. The topological polar surface area (TPSA) is 26.3 Å². The molecule has 2 nitrogen and oxygen atoms in total. The van der Waals surface area contributed by atoms with E-state index in [4.69, 9.17) is 0 Å². The van der Waals surface area contributed by atoms with Crippen molar-refractivity contribution in [1.29, 1.82) is 0 Å². The molecule has 2 aliphatic rings. The van der Waals surface area contributed by atoms with Crippen LogP contribution >= 0.6 is 0 Å². The molecule has 17 heavy (non-hydrogen) atoms. The van der Waals surface area contributed by atoms with E-state index >= 15 is 0 Å². The molecule has 2 aliphatic carbocycles. The predicted molar refractivity (Wildman–Crippen MR) is 50.6 cm³/mol. The van der Waals surface area contributed by atoms with Gasteiger partial charge >= 0.3 is 12.1 Å². The quantitative estimate of drug-likeness (QED) is 0.438. The van der Waals surface area contributed by atoms with Gasteiger partial charge < -0.3 is 4.74 Å². The van der Waals surface area contributed by atoms with Gasteiger partial charge in [-0.25, -0.2) is 4.39 Å². The van der Waals surface area contributed by atoms with Crippen molar-refractivity contribution in [3.05, 3.63) is 12.2 Å². The third-order valence-electron chi connectivity index (χ3n) is 3.31. The van der Waals surface area contributed by atoms with Crippen LogP contribution in [0, 0.1) is 11.3 Å². The van der Waals surface area contributed by atoms with Crippen LogP contribution in [0.15, 0.2) is 12.2 Å². The molecule has 6 heteroatoms. The first-order valence-electron chi connectivity index (χ1n) is 5.42. The third-order valence-corrected chi connectivity index (χ3v) is 3.31. The summed E-state index contributed by atoms with van der Waals surface area (Å²) in [5.74, 6) is -0.589. The van der Waals surface area contributed by atoms with Crippen molar-refractivity contribution in [2.24, 2.45) is 11.3 Å². The number of hydrogen-bond donors (Lipinski definition) is 0. The minimum Gasteiger partial charge on any atom is -0.430 e. The van der Waals surface area contributed by atoms with Crippen LogP contribution in [0.25, 0.3) is 0 Å². The Kier molecular flexibility index (Phi) is 2.91. The van der Waals surface area contributed by atoms with E-state index < -0.39 is 30.3 Å². The van der Waals surface area contributed by atoms with Gasteiger partial charge in [-0.3, -0.25) is 4.79 Å². The van der Waals surface area contributed by atoms with Crippen LogP contribution in [0.1, 0.15) is 25.7 Å². The fourth-order valence-electron chi connectivity index (χ4n) is 2.46. The van der Waals surface area contributed by atoms with Crippen LogP contribution in [0.2, 0.25) is 0 Å². The van der Waals surface area contributed by atoms with Crippen LogP contribution < -0.4 is 0 Å². The number of carbonyl (C=O) groups is 1. The number of ether oxygens (including phenoxy) is 1. The highest BCUT2D eigenvalue weighted by atomic mass is 19.4. The normalized spacial score (nSPS) is 32.8. The first-order chi connectivity index (χ1) is 7.81. The molecular weight excluding hydrogens is 240 g/mol. The van der Waals surface area contributed by atoms with E-state index in [1.165, 1.54) is 0 Å². The molecule has 0 N–H and O–H groups in total. The van der Waals surface area contributed by atoms with Gasteiger partial charge in [0.15, 0.2) is 0 Å². The lowest BCUT2D eigenvalue weighted by atomic mass is 9.88.